The zero-order valence-electron chi connectivity index (χ0n) is 14.0. The van der Waals surface area contributed by atoms with Crippen LogP contribution >= 0.6 is 0 Å². The molecule has 0 aliphatic carbocycles. The Morgan fingerprint density at radius 2 is 1.79 bits per heavy atom. The van der Waals surface area contributed by atoms with Gasteiger partial charge in [-0.25, -0.2) is 9.36 Å². The van der Waals surface area contributed by atoms with Crippen LogP contribution in [-0.4, -0.2) is 33.4 Å². The van der Waals surface area contributed by atoms with Crippen molar-refractivity contribution >= 4 is 16.8 Å². The zero-order valence-corrected chi connectivity index (χ0v) is 14.0. The first-order chi connectivity index (χ1) is 11.6. The fourth-order valence-corrected chi connectivity index (χ4v) is 3.43. The number of aromatic amines is 1. The van der Waals surface area contributed by atoms with Gasteiger partial charge in [-0.15, -0.1) is 0 Å². The van der Waals surface area contributed by atoms with E-state index >= 15 is 0 Å². The van der Waals surface area contributed by atoms with Gasteiger partial charge in [0.2, 0.25) is 5.91 Å². The summed E-state index contributed by atoms with van der Waals surface area (Å²) < 4.78 is 1.09. The van der Waals surface area contributed by atoms with Crippen LogP contribution in [0.15, 0.2) is 33.9 Å². The molecule has 3 rings (SSSR count). The molecule has 0 radical (unpaired) electrons. The number of fused-ring (bicyclic) bond motifs is 1. The Hall–Kier alpha value is -2.37. The molecule has 2 heterocycles. The first-order valence-corrected chi connectivity index (χ1v) is 8.66. The molecule has 1 fully saturated rings. The average molecular weight is 329 g/mol. The third-order valence-corrected chi connectivity index (χ3v) is 4.74. The van der Waals surface area contributed by atoms with Crippen molar-refractivity contribution in [1.82, 2.24) is 14.5 Å². The molecular weight excluding hydrogens is 306 g/mol. The van der Waals surface area contributed by atoms with Crippen molar-refractivity contribution in [1.29, 1.82) is 0 Å². The number of H-pyrrole nitrogens is 1. The number of rotatable bonds is 3. The number of amides is 1. The van der Waals surface area contributed by atoms with E-state index in [0.29, 0.717) is 30.4 Å². The van der Waals surface area contributed by atoms with Crippen LogP contribution in [0.25, 0.3) is 10.9 Å². The smallest absolute Gasteiger partial charge is 0.329 e. The van der Waals surface area contributed by atoms with E-state index < -0.39 is 17.3 Å². The average Bonchev–Trinajstić information content (AvgIpc) is 2.87. The second-order valence-corrected chi connectivity index (χ2v) is 6.31. The number of nitrogens with one attached hydrogen (secondary N) is 1. The first-order valence-electron chi connectivity index (χ1n) is 8.66. The predicted octanol–water partition coefficient (Wildman–Crippen LogP) is 2.04. The van der Waals surface area contributed by atoms with Gasteiger partial charge in [0.05, 0.1) is 10.9 Å². The minimum atomic E-state index is -0.746. The molecule has 6 heteroatoms. The predicted molar refractivity (Wildman–Crippen MR) is 93.2 cm³/mol. The van der Waals surface area contributed by atoms with Crippen molar-refractivity contribution in [2.45, 2.75) is 45.1 Å². The molecule has 1 aliphatic heterocycles. The maximum atomic E-state index is 12.9. The van der Waals surface area contributed by atoms with Crippen LogP contribution in [0.4, 0.5) is 0 Å². The molecule has 0 saturated carbocycles. The third-order valence-electron chi connectivity index (χ3n) is 4.74. The summed E-state index contributed by atoms with van der Waals surface area (Å²) in [5, 5.41) is 0.430. The van der Waals surface area contributed by atoms with Crippen LogP contribution < -0.4 is 11.2 Å². The molecule has 2 aromatic rings. The Morgan fingerprint density at radius 1 is 1.12 bits per heavy atom. The number of carbonyl (C=O) groups excluding carboxylic acids is 1. The molecule has 1 aliphatic rings. The topological polar surface area (TPSA) is 75.2 Å². The highest BCUT2D eigenvalue weighted by Gasteiger charge is 2.27. The van der Waals surface area contributed by atoms with Gasteiger partial charge in [0, 0.05) is 13.1 Å². The summed E-state index contributed by atoms with van der Waals surface area (Å²) >= 11 is 0. The van der Waals surface area contributed by atoms with E-state index in [9.17, 15) is 14.4 Å². The van der Waals surface area contributed by atoms with Gasteiger partial charge in [0.15, 0.2) is 0 Å². The Kier molecular flexibility index (Phi) is 4.83. The Balaban J connectivity index is 2.04. The number of benzene rings is 1. The fourth-order valence-electron chi connectivity index (χ4n) is 3.43. The first kappa shape index (κ1) is 16.5. The molecule has 1 atom stereocenters. The van der Waals surface area contributed by atoms with Gasteiger partial charge in [-0.05, 0) is 31.4 Å². The van der Waals surface area contributed by atoms with Gasteiger partial charge in [-0.1, -0.05) is 31.9 Å². The molecule has 1 saturated heterocycles. The van der Waals surface area contributed by atoms with Crippen molar-refractivity contribution in [3.8, 4) is 0 Å². The number of hydrogen-bond acceptors (Lipinski definition) is 3. The number of aromatic nitrogens is 2. The monoisotopic (exact) mass is 329 g/mol. The second kappa shape index (κ2) is 7.03. The number of hydrogen-bond donors (Lipinski definition) is 1. The molecule has 1 unspecified atom stereocenters. The summed E-state index contributed by atoms with van der Waals surface area (Å²) in [6.45, 7) is 3.24. The Morgan fingerprint density at radius 3 is 2.46 bits per heavy atom. The number of carbonyl (C=O) groups is 1. The van der Waals surface area contributed by atoms with Gasteiger partial charge in [-0.2, -0.15) is 0 Å². The van der Waals surface area contributed by atoms with Crippen LogP contribution in [0.5, 0.6) is 0 Å². The van der Waals surface area contributed by atoms with E-state index in [-0.39, 0.29) is 5.91 Å². The number of nitrogens with zero attached hydrogens (tertiary/aromatic N) is 2. The van der Waals surface area contributed by atoms with Crippen molar-refractivity contribution in [3.63, 3.8) is 0 Å². The molecule has 6 nitrogen and oxygen atoms in total. The van der Waals surface area contributed by atoms with E-state index in [2.05, 4.69) is 4.98 Å². The van der Waals surface area contributed by atoms with Crippen molar-refractivity contribution in [2.24, 2.45) is 0 Å². The van der Waals surface area contributed by atoms with Gasteiger partial charge < -0.3 is 9.88 Å². The standard InChI is InChI=1S/C18H23N3O3/c1-2-15(17(23)20-11-7-3-4-8-12-20)21-16(22)13-9-5-6-10-14(13)19-18(21)24/h5-6,9-10,15H,2-4,7-8,11-12H2,1H3,(H,19,24). The highest BCUT2D eigenvalue weighted by atomic mass is 16.2. The lowest BCUT2D eigenvalue weighted by Crippen LogP contribution is -2.46. The largest absolute Gasteiger partial charge is 0.341 e. The maximum absolute atomic E-state index is 12.9. The number of likely N-dealkylation sites (tertiary alicyclic amines) is 1. The molecule has 0 spiro atoms. The molecule has 24 heavy (non-hydrogen) atoms. The molecule has 1 N–H and O–H groups in total. The van der Waals surface area contributed by atoms with E-state index in [1.165, 1.54) is 0 Å². The Labute approximate surface area is 140 Å². The summed E-state index contributed by atoms with van der Waals surface area (Å²) in [4.78, 5) is 42.7. The molecule has 1 aromatic carbocycles. The van der Waals surface area contributed by atoms with Crippen LogP contribution in [0.1, 0.15) is 45.1 Å². The highest BCUT2D eigenvalue weighted by Crippen LogP contribution is 2.17. The molecular formula is C18H23N3O3. The maximum Gasteiger partial charge on any atom is 0.329 e. The van der Waals surface area contributed by atoms with Gasteiger partial charge in [-0.3, -0.25) is 9.59 Å². The van der Waals surface area contributed by atoms with E-state index in [1.54, 1.807) is 24.3 Å². The molecule has 128 valence electrons. The normalized spacial score (nSPS) is 16.8. The third kappa shape index (κ3) is 3.00. The Bertz CT molecular complexity index is 844. The van der Waals surface area contributed by atoms with Crippen LogP contribution in [0, 0.1) is 0 Å². The minimum Gasteiger partial charge on any atom is -0.341 e. The lowest BCUT2D eigenvalue weighted by molar-refractivity contribution is -0.135. The molecule has 1 aromatic heterocycles. The lowest BCUT2D eigenvalue weighted by atomic mass is 10.1. The van der Waals surface area contributed by atoms with E-state index in [4.69, 9.17) is 0 Å². The van der Waals surface area contributed by atoms with Gasteiger partial charge in [0.1, 0.15) is 6.04 Å². The van der Waals surface area contributed by atoms with Crippen LogP contribution in [0.3, 0.4) is 0 Å². The fraction of sp³-hybridized carbons (Fsp3) is 0.500. The SMILES string of the molecule is CCC(C(=O)N1CCCCCC1)n1c(=O)[nH]c2ccccc2c1=O. The molecule has 0 bridgehead atoms. The number of para-hydroxylation sites is 1. The van der Waals surface area contributed by atoms with E-state index in [0.717, 1.165) is 30.3 Å². The van der Waals surface area contributed by atoms with Crippen molar-refractivity contribution in [3.05, 3.63) is 45.1 Å². The van der Waals surface area contributed by atoms with Crippen molar-refractivity contribution in [2.75, 3.05) is 13.1 Å². The molecule has 1 amide bonds. The van der Waals surface area contributed by atoms with Gasteiger partial charge in [0.25, 0.3) is 5.56 Å². The summed E-state index contributed by atoms with van der Waals surface area (Å²) in [7, 11) is 0. The quantitative estimate of drug-likeness (QED) is 0.936. The van der Waals surface area contributed by atoms with Crippen LogP contribution in [-0.2, 0) is 4.79 Å². The lowest BCUT2D eigenvalue weighted by Gasteiger charge is -2.26. The second-order valence-electron chi connectivity index (χ2n) is 6.31. The zero-order chi connectivity index (χ0) is 17.1. The summed E-state index contributed by atoms with van der Waals surface area (Å²) in [5.41, 5.74) is -0.418. The van der Waals surface area contributed by atoms with E-state index in [1.807, 2.05) is 11.8 Å². The summed E-state index contributed by atoms with van der Waals surface area (Å²) in [5.74, 6) is -0.123. The summed E-state index contributed by atoms with van der Waals surface area (Å²) in [6, 6.07) is 6.14. The van der Waals surface area contributed by atoms with Crippen molar-refractivity contribution < 1.29 is 4.79 Å². The summed E-state index contributed by atoms with van der Waals surface area (Å²) in [6.07, 6.45) is 4.61. The highest BCUT2D eigenvalue weighted by molar-refractivity contribution is 5.81. The van der Waals surface area contributed by atoms with Gasteiger partial charge >= 0.3 is 5.69 Å². The minimum absolute atomic E-state index is 0.123. The van der Waals surface area contributed by atoms with Crippen LogP contribution in [0.2, 0.25) is 0 Å².